The van der Waals surface area contributed by atoms with Crippen molar-refractivity contribution in [2.45, 2.75) is 12.8 Å². The van der Waals surface area contributed by atoms with Gasteiger partial charge in [0.25, 0.3) is 0 Å². The van der Waals surface area contributed by atoms with Crippen molar-refractivity contribution in [3.8, 4) is 0 Å². The molecule has 1 saturated heterocycles. The van der Waals surface area contributed by atoms with E-state index in [9.17, 15) is 4.79 Å². The molecule has 1 spiro atoms. The van der Waals surface area contributed by atoms with Crippen LogP contribution in [0, 0.1) is 11.3 Å². The predicted octanol–water partition coefficient (Wildman–Crippen LogP) is 0.348. The van der Waals surface area contributed by atoms with Gasteiger partial charge in [0.05, 0.1) is 11.9 Å². The molecule has 0 bridgehead atoms. The van der Waals surface area contributed by atoms with Crippen LogP contribution in [0.3, 0.4) is 0 Å². The molecule has 2 unspecified atom stereocenters. The van der Waals surface area contributed by atoms with E-state index in [0.717, 1.165) is 31.6 Å². The number of hydrogen-bond donors (Lipinski definition) is 3. The van der Waals surface area contributed by atoms with E-state index in [1.807, 2.05) is 0 Å². The van der Waals surface area contributed by atoms with Gasteiger partial charge in [-0.15, -0.1) is 0 Å². The molecule has 1 aliphatic carbocycles. The molecule has 1 saturated carbocycles. The van der Waals surface area contributed by atoms with Crippen molar-refractivity contribution in [2.75, 3.05) is 18.4 Å². The van der Waals surface area contributed by atoms with Crippen LogP contribution in [0.1, 0.15) is 12.8 Å². The van der Waals surface area contributed by atoms with E-state index in [4.69, 9.17) is 0 Å². The molecule has 3 rings (SSSR count). The number of anilines is 1. The highest BCUT2D eigenvalue weighted by molar-refractivity contribution is 5.94. The van der Waals surface area contributed by atoms with Gasteiger partial charge in [0, 0.05) is 18.7 Å². The van der Waals surface area contributed by atoms with E-state index in [2.05, 4.69) is 20.8 Å². The third kappa shape index (κ3) is 1.43. The minimum atomic E-state index is 0.139. The molecule has 80 valence electrons. The van der Waals surface area contributed by atoms with E-state index >= 15 is 0 Å². The Morgan fingerprint density at radius 2 is 2.60 bits per heavy atom. The molecule has 0 radical (unpaired) electrons. The predicted molar refractivity (Wildman–Crippen MR) is 55.2 cm³/mol. The number of nitrogens with one attached hydrogen (secondary N) is 3. The van der Waals surface area contributed by atoms with E-state index in [0.29, 0.717) is 0 Å². The summed E-state index contributed by atoms with van der Waals surface area (Å²) < 4.78 is 0. The first-order valence-electron chi connectivity index (χ1n) is 5.31. The highest BCUT2D eigenvalue weighted by Gasteiger charge is 2.58. The Balaban J connectivity index is 1.63. The molecule has 15 heavy (non-hydrogen) atoms. The maximum absolute atomic E-state index is 11.9. The number of amides is 1. The monoisotopic (exact) mass is 206 g/mol. The normalized spacial score (nSPS) is 33.2. The minimum Gasteiger partial charge on any atom is -0.323 e. The number of rotatable bonds is 2. The fourth-order valence-electron chi connectivity index (χ4n) is 2.50. The quantitative estimate of drug-likeness (QED) is 0.654. The van der Waals surface area contributed by atoms with E-state index in [1.54, 1.807) is 12.4 Å². The second-order valence-corrected chi connectivity index (χ2v) is 4.52. The molecular weight excluding hydrogens is 192 g/mol. The lowest BCUT2D eigenvalue weighted by Gasteiger charge is -2.06. The average Bonchev–Trinajstić information content (AvgIpc) is 2.63. The maximum Gasteiger partial charge on any atom is 0.228 e. The summed E-state index contributed by atoms with van der Waals surface area (Å²) in [7, 11) is 0. The van der Waals surface area contributed by atoms with Gasteiger partial charge in [-0.2, -0.15) is 5.10 Å². The van der Waals surface area contributed by atoms with Crippen LogP contribution in [0.5, 0.6) is 0 Å². The van der Waals surface area contributed by atoms with Crippen LogP contribution in [0.15, 0.2) is 12.4 Å². The Hall–Kier alpha value is -1.36. The number of aromatic amines is 1. The van der Waals surface area contributed by atoms with Gasteiger partial charge in [-0.3, -0.25) is 9.89 Å². The zero-order valence-electron chi connectivity index (χ0n) is 8.42. The highest BCUT2D eigenvalue weighted by atomic mass is 16.2. The number of nitrogens with zero attached hydrogens (tertiary/aromatic N) is 1. The molecule has 1 amide bonds. The number of hydrogen-bond acceptors (Lipinski definition) is 3. The maximum atomic E-state index is 11.9. The van der Waals surface area contributed by atoms with Gasteiger partial charge in [-0.05, 0) is 24.8 Å². The molecule has 1 aromatic heterocycles. The van der Waals surface area contributed by atoms with Crippen molar-refractivity contribution in [3.05, 3.63) is 12.4 Å². The molecule has 2 atom stereocenters. The van der Waals surface area contributed by atoms with Gasteiger partial charge in [0.2, 0.25) is 5.91 Å². The first-order chi connectivity index (χ1) is 7.30. The molecule has 2 aliphatic rings. The summed E-state index contributed by atoms with van der Waals surface area (Å²) >= 11 is 0. The van der Waals surface area contributed by atoms with Crippen molar-refractivity contribution >= 4 is 11.6 Å². The SMILES string of the molecule is O=C(Nc1cn[nH]c1)C1CC12CCNC2. The van der Waals surface area contributed by atoms with E-state index in [1.165, 1.54) is 0 Å². The smallest absolute Gasteiger partial charge is 0.228 e. The first-order valence-corrected chi connectivity index (χ1v) is 5.31. The van der Waals surface area contributed by atoms with Crippen LogP contribution in [0.4, 0.5) is 5.69 Å². The lowest BCUT2D eigenvalue weighted by atomic mass is 10.0. The van der Waals surface area contributed by atoms with Gasteiger partial charge in [-0.1, -0.05) is 0 Å². The zero-order chi connectivity index (χ0) is 10.3. The van der Waals surface area contributed by atoms with E-state index < -0.39 is 0 Å². The van der Waals surface area contributed by atoms with Crippen LogP contribution in [0.2, 0.25) is 0 Å². The zero-order valence-corrected chi connectivity index (χ0v) is 8.42. The summed E-state index contributed by atoms with van der Waals surface area (Å²) in [5.74, 6) is 0.336. The van der Waals surface area contributed by atoms with Gasteiger partial charge in [0.1, 0.15) is 0 Å². The van der Waals surface area contributed by atoms with Crippen LogP contribution >= 0.6 is 0 Å². The van der Waals surface area contributed by atoms with Crippen LogP contribution in [0.25, 0.3) is 0 Å². The highest BCUT2D eigenvalue weighted by Crippen LogP contribution is 2.56. The number of aromatic nitrogens is 2. The van der Waals surface area contributed by atoms with Crippen molar-refractivity contribution in [3.63, 3.8) is 0 Å². The lowest BCUT2D eigenvalue weighted by Crippen LogP contribution is -2.20. The second kappa shape index (κ2) is 3.06. The Labute approximate surface area is 87.6 Å². The summed E-state index contributed by atoms with van der Waals surface area (Å²) in [6.45, 7) is 2.05. The molecule has 0 aromatic carbocycles. The molecule has 5 heteroatoms. The molecule has 5 nitrogen and oxygen atoms in total. The minimum absolute atomic E-state index is 0.139. The van der Waals surface area contributed by atoms with Crippen LogP contribution in [-0.2, 0) is 4.79 Å². The Morgan fingerprint density at radius 1 is 1.67 bits per heavy atom. The van der Waals surface area contributed by atoms with Crippen molar-refractivity contribution in [1.29, 1.82) is 0 Å². The summed E-state index contributed by atoms with van der Waals surface area (Å²) in [5.41, 5.74) is 1.03. The fraction of sp³-hybridized carbons (Fsp3) is 0.600. The Bertz CT molecular complexity index is 367. The third-order valence-corrected chi connectivity index (χ3v) is 3.55. The molecule has 2 fully saturated rings. The number of carbonyl (C=O) groups is 1. The van der Waals surface area contributed by atoms with Crippen molar-refractivity contribution in [2.24, 2.45) is 11.3 Å². The Kier molecular flexibility index (Phi) is 1.82. The summed E-state index contributed by atoms with van der Waals surface area (Å²) in [5, 5.41) is 12.7. The van der Waals surface area contributed by atoms with Gasteiger partial charge < -0.3 is 10.6 Å². The molecule has 3 N–H and O–H groups in total. The molecule has 2 heterocycles. The van der Waals surface area contributed by atoms with Gasteiger partial charge in [-0.25, -0.2) is 0 Å². The first kappa shape index (κ1) is 8.91. The summed E-state index contributed by atoms with van der Waals surface area (Å²) in [6, 6.07) is 0. The van der Waals surface area contributed by atoms with Gasteiger partial charge >= 0.3 is 0 Å². The largest absolute Gasteiger partial charge is 0.323 e. The van der Waals surface area contributed by atoms with Crippen molar-refractivity contribution < 1.29 is 4.79 Å². The number of carbonyl (C=O) groups excluding carboxylic acids is 1. The van der Waals surface area contributed by atoms with Crippen LogP contribution in [-0.4, -0.2) is 29.2 Å². The topological polar surface area (TPSA) is 69.8 Å². The fourth-order valence-corrected chi connectivity index (χ4v) is 2.50. The summed E-state index contributed by atoms with van der Waals surface area (Å²) in [6.07, 6.45) is 5.49. The Morgan fingerprint density at radius 3 is 3.27 bits per heavy atom. The summed E-state index contributed by atoms with van der Waals surface area (Å²) in [4.78, 5) is 11.9. The number of H-pyrrole nitrogens is 1. The van der Waals surface area contributed by atoms with Gasteiger partial charge in [0.15, 0.2) is 0 Å². The average molecular weight is 206 g/mol. The molecular formula is C10H14N4O. The lowest BCUT2D eigenvalue weighted by molar-refractivity contribution is -0.118. The van der Waals surface area contributed by atoms with Crippen molar-refractivity contribution in [1.82, 2.24) is 15.5 Å². The second-order valence-electron chi connectivity index (χ2n) is 4.52. The molecule has 1 aliphatic heterocycles. The third-order valence-electron chi connectivity index (χ3n) is 3.55. The standard InChI is InChI=1S/C10H14N4O/c15-9(14-7-4-12-13-5-7)8-3-10(8)1-2-11-6-10/h4-5,8,11H,1-3,6H2,(H,12,13)(H,14,15). The van der Waals surface area contributed by atoms with Crippen LogP contribution < -0.4 is 10.6 Å². The molecule has 1 aromatic rings. The van der Waals surface area contributed by atoms with E-state index in [-0.39, 0.29) is 17.2 Å².